The highest BCUT2D eigenvalue weighted by Crippen LogP contribution is 2.23. The molecule has 4 rings (SSSR count). The normalized spacial score (nSPS) is 18.2. The highest BCUT2D eigenvalue weighted by atomic mass is 35.5. The molecule has 130 valence electrons. The number of aromatic nitrogens is 3. The fourth-order valence-corrected chi connectivity index (χ4v) is 3.68. The molecule has 0 saturated carbocycles. The average molecular weight is 357 g/mol. The van der Waals surface area contributed by atoms with Gasteiger partial charge in [0.15, 0.2) is 5.65 Å². The molecule has 0 amide bonds. The van der Waals surface area contributed by atoms with Crippen LogP contribution in [-0.2, 0) is 13.1 Å². The lowest BCUT2D eigenvalue weighted by molar-refractivity contribution is 0.150. The van der Waals surface area contributed by atoms with Crippen LogP contribution in [0.4, 0.5) is 0 Å². The Labute approximate surface area is 151 Å². The van der Waals surface area contributed by atoms with Crippen molar-refractivity contribution in [1.29, 1.82) is 0 Å². The minimum Gasteiger partial charge on any atom is -0.395 e. The number of rotatable bonds is 5. The molecule has 0 radical (unpaired) electrons. The van der Waals surface area contributed by atoms with E-state index in [4.69, 9.17) is 16.6 Å². The first kappa shape index (κ1) is 16.5. The molecule has 1 saturated heterocycles. The molecule has 1 aliphatic heterocycles. The fourth-order valence-electron chi connectivity index (χ4n) is 3.56. The summed E-state index contributed by atoms with van der Waals surface area (Å²) in [4.78, 5) is 11.7. The third kappa shape index (κ3) is 3.40. The second kappa shape index (κ2) is 7.12. The highest BCUT2D eigenvalue weighted by Gasteiger charge is 2.25. The lowest BCUT2D eigenvalue weighted by Gasteiger charge is -2.22. The van der Waals surface area contributed by atoms with Gasteiger partial charge in [-0.1, -0.05) is 23.7 Å². The molecule has 3 heterocycles. The first-order chi connectivity index (χ1) is 12.2. The van der Waals surface area contributed by atoms with Crippen LogP contribution in [0.5, 0.6) is 0 Å². The molecule has 3 aromatic rings. The molecule has 0 aliphatic carbocycles. The van der Waals surface area contributed by atoms with Crippen LogP contribution in [0.3, 0.4) is 0 Å². The molecule has 0 spiro atoms. The van der Waals surface area contributed by atoms with Crippen molar-refractivity contribution in [2.75, 3.05) is 13.2 Å². The van der Waals surface area contributed by atoms with Gasteiger partial charge in [0.05, 0.1) is 19.7 Å². The minimum atomic E-state index is 0.204. The summed E-state index contributed by atoms with van der Waals surface area (Å²) in [5, 5.41) is 10.3. The van der Waals surface area contributed by atoms with Crippen LogP contribution in [0.25, 0.3) is 11.2 Å². The van der Waals surface area contributed by atoms with E-state index in [1.807, 2.05) is 36.4 Å². The van der Waals surface area contributed by atoms with Crippen molar-refractivity contribution in [3.05, 3.63) is 59.0 Å². The van der Waals surface area contributed by atoms with Crippen molar-refractivity contribution >= 4 is 22.8 Å². The quantitative estimate of drug-likeness (QED) is 0.763. The summed E-state index contributed by atoms with van der Waals surface area (Å²) in [6.45, 7) is 2.64. The van der Waals surface area contributed by atoms with Crippen LogP contribution in [-0.4, -0.2) is 43.7 Å². The van der Waals surface area contributed by atoms with E-state index >= 15 is 0 Å². The number of halogens is 1. The average Bonchev–Trinajstić information content (AvgIpc) is 3.22. The number of fused-ring (bicyclic) bond motifs is 1. The van der Waals surface area contributed by atoms with Gasteiger partial charge < -0.3 is 9.67 Å². The van der Waals surface area contributed by atoms with E-state index in [0.717, 1.165) is 53.5 Å². The molecular weight excluding hydrogens is 336 g/mol. The lowest BCUT2D eigenvalue weighted by atomic mass is 10.2. The van der Waals surface area contributed by atoms with Crippen LogP contribution in [0.1, 0.15) is 24.2 Å². The Balaban J connectivity index is 1.69. The van der Waals surface area contributed by atoms with Gasteiger partial charge in [-0.2, -0.15) is 0 Å². The van der Waals surface area contributed by atoms with E-state index in [1.54, 1.807) is 6.20 Å². The molecule has 6 heteroatoms. The van der Waals surface area contributed by atoms with Gasteiger partial charge in [-0.15, -0.1) is 0 Å². The van der Waals surface area contributed by atoms with Gasteiger partial charge in [0.1, 0.15) is 11.3 Å². The molecule has 2 aromatic heterocycles. The van der Waals surface area contributed by atoms with Crippen LogP contribution in [0.2, 0.25) is 5.02 Å². The predicted molar refractivity (Wildman–Crippen MR) is 98.6 cm³/mol. The molecule has 1 aromatic carbocycles. The van der Waals surface area contributed by atoms with Gasteiger partial charge in [-0.3, -0.25) is 4.90 Å². The van der Waals surface area contributed by atoms with Crippen LogP contribution >= 0.6 is 11.6 Å². The van der Waals surface area contributed by atoms with E-state index in [0.29, 0.717) is 6.54 Å². The largest absolute Gasteiger partial charge is 0.395 e. The number of likely N-dealkylation sites (tertiary alicyclic amines) is 1. The standard InChI is InChI=1S/C19H21ClN4O/c20-15-7-5-14(6-8-15)11-24-18(12-23-10-2-3-16(23)13-25)22-17-4-1-9-21-19(17)24/h1,4-9,16,25H,2-3,10-13H2/t16-/m0/s1. The van der Waals surface area contributed by atoms with E-state index < -0.39 is 0 Å². The number of benzene rings is 1. The number of nitrogens with zero attached hydrogens (tertiary/aromatic N) is 4. The zero-order chi connectivity index (χ0) is 17.2. The van der Waals surface area contributed by atoms with Crippen molar-refractivity contribution in [2.24, 2.45) is 0 Å². The van der Waals surface area contributed by atoms with Crippen molar-refractivity contribution in [3.8, 4) is 0 Å². The topological polar surface area (TPSA) is 54.2 Å². The van der Waals surface area contributed by atoms with Crippen molar-refractivity contribution in [1.82, 2.24) is 19.4 Å². The molecular formula is C19H21ClN4O. The Morgan fingerprint density at radius 2 is 2.00 bits per heavy atom. The second-order valence-corrected chi connectivity index (χ2v) is 6.97. The molecule has 0 unspecified atom stereocenters. The summed E-state index contributed by atoms with van der Waals surface area (Å²) in [5.74, 6) is 0.990. The highest BCUT2D eigenvalue weighted by molar-refractivity contribution is 6.30. The minimum absolute atomic E-state index is 0.204. The van der Waals surface area contributed by atoms with Crippen molar-refractivity contribution in [3.63, 3.8) is 0 Å². The summed E-state index contributed by atoms with van der Waals surface area (Å²) in [6, 6.07) is 12.0. The smallest absolute Gasteiger partial charge is 0.160 e. The summed E-state index contributed by atoms with van der Waals surface area (Å²) in [7, 11) is 0. The number of aliphatic hydroxyl groups excluding tert-OH is 1. The maximum Gasteiger partial charge on any atom is 0.160 e. The van der Waals surface area contributed by atoms with Crippen molar-refractivity contribution in [2.45, 2.75) is 32.0 Å². The fraction of sp³-hybridized carbons (Fsp3) is 0.368. The Morgan fingerprint density at radius 3 is 2.80 bits per heavy atom. The van der Waals surface area contributed by atoms with E-state index in [9.17, 15) is 5.11 Å². The molecule has 5 nitrogen and oxygen atoms in total. The predicted octanol–water partition coefficient (Wildman–Crippen LogP) is 3.09. The third-order valence-electron chi connectivity index (χ3n) is 4.89. The summed E-state index contributed by atoms with van der Waals surface area (Å²) >= 11 is 6.00. The first-order valence-corrected chi connectivity index (χ1v) is 9.02. The Hall–Kier alpha value is -1.95. The molecule has 1 fully saturated rings. The maximum absolute atomic E-state index is 9.59. The third-order valence-corrected chi connectivity index (χ3v) is 5.14. The summed E-state index contributed by atoms with van der Waals surface area (Å²) in [5.41, 5.74) is 2.97. The summed E-state index contributed by atoms with van der Waals surface area (Å²) < 4.78 is 2.17. The molecule has 1 aliphatic rings. The van der Waals surface area contributed by atoms with E-state index in [1.165, 1.54) is 0 Å². The van der Waals surface area contributed by atoms with Gasteiger partial charge >= 0.3 is 0 Å². The van der Waals surface area contributed by atoms with E-state index in [-0.39, 0.29) is 12.6 Å². The number of hydrogen-bond donors (Lipinski definition) is 1. The summed E-state index contributed by atoms with van der Waals surface area (Å²) in [6.07, 6.45) is 3.98. The number of imidazole rings is 1. The number of hydrogen-bond acceptors (Lipinski definition) is 4. The number of pyridine rings is 1. The van der Waals surface area contributed by atoms with Gasteiger partial charge in [-0.05, 0) is 49.2 Å². The maximum atomic E-state index is 9.59. The lowest BCUT2D eigenvalue weighted by Crippen LogP contribution is -2.32. The first-order valence-electron chi connectivity index (χ1n) is 8.64. The Bertz CT molecular complexity index is 861. The molecule has 25 heavy (non-hydrogen) atoms. The van der Waals surface area contributed by atoms with Crippen LogP contribution in [0, 0.1) is 0 Å². The van der Waals surface area contributed by atoms with Gasteiger partial charge in [-0.25, -0.2) is 9.97 Å². The number of aliphatic hydroxyl groups is 1. The van der Waals surface area contributed by atoms with Gasteiger partial charge in [0, 0.05) is 17.3 Å². The molecule has 1 N–H and O–H groups in total. The monoisotopic (exact) mass is 356 g/mol. The zero-order valence-electron chi connectivity index (χ0n) is 14.0. The SMILES string of the molecule is OC[C@@H]1CCCN1Cc1nc2cccnc2n1Cc1ccc(Cl)cc1. The Morgan fingerprint density at radius 1 is 1.16 bits per heavy atom. The van der Waals surface area contributed by atoms with Crippen molar-refractivity contribution < 1.29 is 5.11 Å². The van der Waals surface area contributed by atoms with Crippen LogP contribution in [0.15, 0.2) is 42.6 Å². The van der Waals surface area contributed by atoms with E-state index in [2.05, 4.69) is 14.5 Å². The zero-order valence-corrected chi connectivity index (χ0v) is 14.7. The second-order valence-electron chi connectivity index (χ2n) is 6.54. The van der Waals surface area contributed by atoms with Crippen LogP contribution < -0.4 is 0 Å². The Kier molecular flexibility index (Phi) is 4.70. The van der Waals surface area contributed by atoms with Gasteiger partial charge in [0.2, 0.25) is 0 Å². The molecule has 0 bridgehead atoms. The van der Waals surface area contributed by atoms with Gasteiger partial charge in [0.25, 0.3) is 0 Å². The molecule has 1 atom stereocenters.